The van der Waals surface area contributed by atoms with Gasteiger partial charge in [-0.25, -0.2) is 0 Å². The standard InChI is InChI=1S/C19H27N3O2S/c1-13(2)10-14-12-22(8-7-19(14,3)24)18(23)16-11-15(20-21(16)4)17-6-5-9-25-17/h5-6,9,11,13-14,24H,7-8,10,12H2,1-4H3/t14-,19+/m1/s1. The monoisotopic (exact) mass is 361 g/mol. The number of carbonyl (C=O) groups excluding carboxylic acids is 1. The van der Waals surface area contributed by atoms with Crippen molar-refractivity contribution in [3.8, 4) is 10.6 Å². The van der Waals surface area contributed by atoms with Gasteiger partial charge in [0.05, 0.1) is 10.5 Å². The summed E-state index contributed by atoms with van der Waals surface area (Å²) in [5, 5.41) is 17.2. The predicted octanol–water partition coefficient (Wildman–Crippen LogP) is 3.41. The number of rotatable bonds is 4. The van der Waals surface area contributed by atoms with Crippen LogP contribution in [0.5, 0.6) is 0 Å². The van der Waals surface area contributed by atoms with Gasteiger partial charge in [0.1, 0.15) is 11.4 Å². The number of amides is 1. The van der Waals surface area contributed by atoms with Gasteiger partial charge >= 0.3 is 0 Å². The van der Waals surface area contributed by atoms with Crippen LogP contribution in [0.2, 0.25) is 0 Å². The minimum Gasteiger partial charge on any atom is -0.390 e. The summed E-state index contributed by atoms with van der Waals surface area (Å²) in [6.45, 7) is 7.40. The lowest BCUT2D eigenvalue weighted by atomic mass is 9.78. The van der Waals surface area contributed by atoms with Gasteiger partial charge in [0.15, 0.2) is 0 Å². The van der Waals surface area contributed by atoms with Crippen LogP contribution in [-0.4, -0.2) is 44.4 Å². The normalized spacial score (nSPS) is 24.1. The van der Waals surface area contributed by atoms with Gasteiger partial charge in [0.2, 0.25) is 0 Å². The van der Waals surface area contributed by atoms with Crippen LogP contribution in [0.25, 0.3) is 10.6 Å². The molecule has 5 nitrogen and oxygen atoms in total. The van der Waals surface area contributed by atoms with Gasteiger partial charge in [-0.1, -0.05) is 19.9 Å². The first-order valence-corrected chi connectivity index (χ1v) is 9.75. The van der Waals surface area contributed by atoms with Crippen molar-refractivity contribution in [2.24, 2.45) is 18.9 Å². The maximum atomic E-state index is 13.0. The molecule has 1 amide bonds. The summed E-state index contributed by atoms with van der Waals surface area (Å²) in [7, 11) is 1.82. The van der Waals surface area contributed by atoms with E-state index in [-0.39, 0.29) is 11.8 Å². The number of piperidine rings is 1. The van der Waals surface area contributed by atoms with Crippen LogP contribution >= 0.6 is 11.3 Å². The Kier molecular flexibility index (Phi) is 5.02. The van der Waals surface area contributed by atoms with Crippen molar-refractivity contribution in [2.45, 2.75) is 39.2 Å². The van der Waals surface area contributed by atoms with Crippen molar-refractivity contribution in [3.63, 3.8) is 0 Å². The zero-order chi connectivity index (χ0) is 18.2. The average molecular weight is 362 g/mol. The Morgan fingerprint density at radius 3 is 2.92 bits per heavy atom. The molecule has 3 heterocycles. The largest absolute Gasteiger partial charge is 0.390 e. The SMILES string of the molecule is CC(C)C[C@@H]1CN(C(=O)c2cc(-c3cccs3)nn2C)CC[C@]1(C)O. The van der Waals surface area contributed by atoms with Crippen LogP contribution in [0.15, 0.2) is 23.6 Å². The van der Waals surface area contributed by atoms with E-state index in [1.54, 1.807) is 16.0 Å². The Morgan fingerprint density at radius 2 is 2.28 bits per heavy atom. The second kappa shape index (κ2) is 6.92. The second-order valence-electron chi connectivity index (χ2n) is 7.70. The summed E-state index contributed by atoms with van der Waals surface area (Å²) in [5.41, 5.74) is 0.743. The van der Waals surface area contributed by atoms with Gasteiger partial charge in [-0.3, -0.25) is 9.48 Å². The van der Waals surface area contributed by atoms with Crippen LogP contribution in [0, 0.1) is 11.8 Å². The maximum absolute atomic E-state index is 13.0. The summed E-state index contributed by atoms with van der Waals surface area (Å²) < 4.78 is 1.67. The average Bonchev–Trinajstić information content (AvgIpc) is 3.17. The molecule has 0 bridgehead atoms. The van der Waals surface area contributed by atoms with Crippen LogP contribution in [-0.2, 0) is 7.05 Å². The van der Waals surface area contributed by atoms with E-state index in [2.05, 4.69) is 18.9 Å². The third-order valence-corrected chi connectivity index (χ3v) is 6.02. The summed E-state index contributed by atoms with van der Waals surface area (Å²) >= 11 is 1.62. The van der Waals surface area contributed by atoms with E-state index in [0.717, 1.165) is 17.0 Å². The first-order valence-electron chi connectivity index (χ1n) is 8.87. The molecule has 1 saturated heterocycles. The molecule has 1 N–H and O–H groups in total. The van der Waals surface area contributed by atoms with Crippen molar-refractivity contribution in [1.82, 2.24) is 14.7 Å². The van der Waals surface area contributed by atoms with Crippen LogP contribution in [0.1, 0.15) is 44.1 Å². The van der Waals surface area contributed by atoms with Crippen LogP contribution < -0.4 is 0 Å². The molecule has 0 spiro atoms. The first kappa shape index (κ1) is 18.1. The maximum Gasteiger partial charge on any atom is 0.272 e. The fraction of sp³-hybridized carbons (Fsp3) is 0.579. The predicted molar refractivity (Wildman–Crippen MR) is 101 cm³/mol. The molecule has 0 saturated carbocycles. The zero-order valence-corrected chi connectivity index (χ0v) is 16.2. The van der Waals surface area contributed by atoms with Crippen molar-refractivity contribution in [3.05, 3.63) is 29.3 Å². The summed E-state index contributed by atoms with van der Waals surface area (Å²) in [5.74, 6) is 0.603. The topological polar surface area (TPSA) is 58.4 Å². The number of thiophene rings is 1. The number of nitrogens with zero attached hydrogens (tertiary/aromatic N) is 3. The fourth-order valence-electron chi connectivity index (χ4n) is 3.58. The van der Waals surface area contributed by atoms with E-state index in [1.807, 2.05) is 42.5 Å². The molecule has 0 aromatic carbocycles. The summed E-state index contributed by atoms with van der Waals surface area (Å²) in [4.78, 5) is 16.0. The Labute approximate surface area is 153 Å². The Bertz CT molecular complexity index is 734. The minimum atomic E-state index is -0.699. The number of aromatic nitrogens is 2. The highest BCUT2D eigenvalue weighted by atomic mass is 32.1. The molecule has 136 valence electrons. The number of aryl methyl sites for hydroxylation is 1. The number of hydrogen-bond acceptors (Lipinski definition) is 4. The molecular formula is C19H27N3O2S. The molecule has 0 radical (unpaired) electrons. The Morgan fingerprint density at radius 1 is 1.52 bits per heavy atom. The molecule has 3 rings (SSSR count). The molecule has 25 heavy (non-hydrogen) atoms. The van der Waals surface area contributed by atoms with E-state index in [1.165, 1.54) is 0 Å². The van der Waals surface area contributed by atoms with E-state index < -0.39 is 5.60 Å². The molecule has 1 aliphatic rings. The third kappa shape index (κ3) is 3.80. The number of hydrogen-bond donors (Lipinski definition) is 1. The molecule has 0 unspecified atom stereocenters. The third-order valence-electron chi connectivity index (χ3n) is 5.12. The van der Waals surface area contributed by atoms with E-state index in [0.29, 0.717) is 31.1 Å². The molecule has 2 atom stereocenters. The molecule has 2 aromatic rings. The molecular weight excluding hydrogens is 334 g/mol. The number of carbonyl (C=O) groups is 1. The van der Waals surface area contributed by atoms with Crippen molar-refractivity contribution >= 4 is 17.2 Å². The van der Waals surface area contributed by atoms with Crippen molar-refractivity contribution < 1.29 is 9.90 Å². The lowest BCUT2D eigenvalue weighted by molar-refractivity contribution is -0.0578. The van der Waals surface area contributed by atoms with E-state index >= 15 is 0 Å². The number of likely N-dealkylation sites (tertiary alicyclic amines) is 1. The lowest BCUT2D eigenvalue weighted by Crippen LogP contribution is -2.52. The smallest absolute Gasteiger partial charge is 0.272 e. The fourth-order valence-corrected chi connectivity index (χ4v) is 4.26. The van der Waals surface area contributed by atoms with Gasteiger partial charge in [0, 0.05) is 26.1 Å². The molecule has 1 fully saturated rings. The highest BCUT2D eigenvalue weighted by molar-refractivity contribution is 7.13. The molecule has 0 aliphatic carbocycles. The van der Waals surface area contributed by atoms with Gasteiger partial charge in [0.25, 0.3) is 5.91 Å². The van der Waals surface area contributed by atoms with Crippen molar-refractivity contribution in [1.29, 1.82) is 0 Å². The molecule has 6 heteroatoms. The highest BCUT2D eigenvalue weighted by Crippen LogP contribution is 2.33. The van der Waals surface area contributed by atoms with E-state index in [4.69, 9.17) is 0 Å². The van der Waals surface area contributed by atoms with Gasteiger partial charge in [-0.15, -0.1) is 11.3 Å². The van der Waals surface area contributed by atoms with Gasteiger partial charge in [-0.2, -0.15) is 5.10 Å². The zero-order valence-electron chi connectivity index (χ0n) is 15.4. The van der Waals surface area contributed by atoms with Gasteiger partial charge in [-0.05, 0) is 43.2 Å². The lowest BCUT2D eigenvalue weighted by Gasteiger charge is -2.43. The Hall–Kier alpha value is -1.66. The summed E-state index contributed by atoms with van der Waals surface area (Å²) in [6.07, 6.45) is 1.54. The quantitative estimate of drug-likeness (QED) is 0.908. The molecule has 2 aromatic heterocycles. The Balaban J connectivity index is 1.79. The highest BCUT2D eigenvalue weighted by Gasteiger charge is 2.39. The van der Waals surface area contributed by atoms with E-state index in [9.17, 15) is 9.90 Å². The van der Waals surface area contributed by atoms with Crippen LogP contribution in [0.3, 0.4) is 0 Å². The molecule has 1 aliphatic heterocycles. The second-order valence-corrected chi connectivity index (χ2v) is 8.65. The summed E-state index contributed by atoms with van der Waals surface area (Å²) in [6, 6.07) is 5.87. The van der Waals surface area contributed by atoms with Crippen molar-refractivity contribution in [2.75, 3.05) is 13.1 Å². The van der Waals surface area contributed by atoms with Gasteiger partial charge < -0.3 is 10.0 Å². The van der Waals surface area contributed by atoms with Crippen LogP contribution in [0.4, 0.5) is 0 Å². The first-order chi connectivity index (χ1) is 11.8. The number of aliphatic hydroxyl groups is 1. The minimum absolute atomic E-state index is 0.00191.